The Balaban J connectivity index is 2.87. The van der Waals surface area contributed by atoms with Crippen LogP contribution in [0.15, 0.2) is 22.7 Å². The molecule has 0 bridgehead atoms. The molecule has 0 saturated carbocycles. The van der Waals surface area contributed by atoms with Gasteiger partial charge in [-0.25, -0.2) is 0 Å². The molecular weight excluding hydrogens is 316 g/mol. The summed E-state index contributed by atoms with van der Waals surface area (Å²) in [4.78, 5) is 2.46. The maximum Gasteiger partial charge on any atom is 0.123 e. The predicted molar refractivity (Wildman–Crippen MR) is 89.1 cm³/mol. The molecule has 0 aliphatic heterocycles. The van der Waals surface area contributed by atoms with Crippen molar-refractivity contribution in [3.05, 3.63) is 28.2 Å². The highest BCUT2D eigenvalue weighted by Crippen LogP contribution is 2.26. The van der Waals surface area contributed by atoms with Gasteiger partial charge in [-0.2, -0.15) is 0 Å². The maximum atomic E-state index is 5.87. The zero-order valence-corrected chi connectivity index (χ0v) is 14.7. The number of methoxy groups -OCH3 is 1. The van der Waals surface area contributed by atoms with Crippen LogP contribution in [0.5, 0.6) is 5.75 Å². The Morgan fingerprint density at radius 2 is 2.05 bits per heavy atom. The summed E-state index contributed by atoms with van der Waals surface area (Å²) in [6.45, 7) is 10.3. The van der Waals surface area contributed by atoms with Gasteiger partial charge in [-0.3, -0.25) is 4.90 Å². The number of halogens is 1. The van der Waals surface area contributed by atoms with Crippen LogP contribution in [0, 0.1) is 5.41 Å². The molecule has 0 aliphatic carbocycles. The number of nitrogens with two attached hydrogens (primary N) is 1. The molecule has 0 aromatic heterocycles. The van der Waals surface area contributed by atoms with Crippen molar-refractivity contribution in [2.75, 3.05) is 26.7 Å². The van der Waals surface area contributed by atoms with Crippen LogP contribution in [0.1, 0.15) is 32.8 Å². The fourth-order valence-electron chi connectivity index (χ4n) is 2.31. The molecule has 0 radical (unpaired) electrons. The van der Waals surface area contributed by atoms with Crippen molar-refractivity contribution in [2.24, 2.45) is 11.1 Å². The number of hydrogen-bond acceptors (Lipinski definition) is 3. The summed E-state index contributed by atoms with van der Waals surface area (Å²) in [5.74, 6) is 0.944. The summed E-state index contributed by atoms with van der Waals surface area (Å²) in [6.07, 6.45) is 1.14. The fourth-order valence-corrected chi connectivity index (χ4v) is 2.72. The second-order valence-electron chi connectivity index (χ2n) is 6.04. The standard InChI is InChI=1S/C16H27BrN2O/c1-5-8-19(12-16(2,3)11-18)10-13-9-14(17)6-7-15(13)20-4/h6-7,9H,5,8,10-12,18H2,1-4H3. The van der Waals surface area contributed by atoms with Gasteiger partial charge in [0.2, 0.25) is 0 Å². The van der Waals surface area contributed by atoms with E-state index in [9.17, 15) is 0 Å². The van der Waals surface area contributed by atoms with Crippen LogP contribution in [0.25, 0.3) is 0 Å². The molecule has 3 nitrogen and oxygen atoms in total. The van der Waals surface area contributed by atoms with E-state index in [1.165, 1.54) is 5.56 Å². The summed E-state index contributed by atoms with van der Waals surface area (Å²) in [5, 5.41) is 0. The minimum absolute atomic E-state index is 0.133. The van der Waals surface area contributed by atoms with Gasteiger partial charge in [-0.1, -0.05) is 36.7 Å². The number of hydrogen-bond donors (Lipinski definition) is 1. The first-order chi connectivity index (χ1) is 9.41. The van der Waals surface area contributed by atoms with Gasteiger partial charge >= 0.3 is 0 Å². The van der Waals surface area contributed by atoms with E-state index in [0.29, 0.717) is 6.54 Å². The topological polar surface area (TPSA) is 38.5 Å². The Labute approximate surface area is 131 Å². The summed E-state index contributed by atoms with van der Waals surface area (Å²) >= 11 is 3.54. The van der Waals surface area contributed by atoms with Crippen LogP contribution in [0.2, 0.25) is 0 Å². The van der Waals surface area contributed by atoms with Crippen molar-refractivity contribution in [1.29, 1.82) is 0 Å². The van der Waals surface area contributed by atoms with Crippen LogP contribution in [-0.4, -0.2) is 31.6 Å². The van der Waals surface area contributed by atoms with E-state index in [2.05, 4.69) is 47.7 Å². The molecule has 0 atom stereocenters. The van der Waals surface area contributed by atoms with Crippen LogP contribution < -0.4 is 10.5 Å². The van der Waals surface area contributed by atoms with Crippen molar-refractivity contribution in [3.63, 3.8) is 0 Å². The summed E-state index contributed by atoms with van der Waals surface area (Å²) in [6, 6.07) is 6.16. The molecule has 0 amide bonds. The first kappa shape index (κ1) is 17.5. The largest absolute Gasteiger partial charge is 0.496 e. The summed E-state index contributed by atoms with van der Waals surface area (Å²) < 4.78 is 6.55. The first-order valence-electron chi connectivity index (χ1n) is 7.16. The third kappa shape index (κ3) is 5.43. The maximum absolute atomic E-state index is 5.87. The zero-order chi connectivity index (χ0) is 15.2. The second kappa shape index (κ2) is 8.01. The number of benzene rings is 1. The van der Waals surface area contributed by atoms with Crippen molar-refractivity contribution >= 4 is 15.9 Å². The van der Waals surface area contributed by atoms with E-state index in [1.54, 1.807) is 7.11 Å². The Morgan fingerprint density at radius 1 is 1.35 bits per heavy atom. The molecule has 2 N–H and O–H groups in total. The monoisotopic (exact) mass is 342 g/mol. The lowest BCUT2D eigenvalue weighted by molar-refractivity contribution is 0.174. The fraction of sp³-hybridized carbons (Fsp3) is 0.625. The zero-order valence-electron chi connectivity index (χ0n) is 13.1. The summed E-state index contributed by atoms with van der Waals surface area (Å²) in [5.41, 5.74) is 7.21. The lowest BCUT2D eigenvalue weighted by Gasteiger charge is -2.32. The normalized spacial score (nSPS) is 11.9. The molecule has 0 saturated heterocycles. The molecular formula is C16H27BrN2O. The molecule has 114 valence electrons. The van der Waals surface area contributed by atoms with Gasteiger partial charge in [0.25, 0.3) is 0 Å². The van der Waals surface area contributed by atoms with E-state index in [-0.39, 0.29) is 5.41 Å². The molecule has 0 aliphatic rings. The van der Waals surface area contributed by atoms with E-state index >= 15 is 0 Å². The van der Waals surface area contributed by atoms with Gasteiger partial charge in [0, 0.05) is 23.1 Å². The van der Waals surface area contributed by atoms with Crippen LogP contribution in [-0.2, 0) is 6.54 Å². The van der Waals surface area contributed by atoms with Crippen LogP contribution >= 0.6 is 15.9 Å². The highest BCUT2D eigenvalue weighted by Gasteiger charge is 2.20. The first-order valence-corrected chi connectivity index (χ1v) is 7.96. The Morgan fingerprint density at radius 3 is 2.60 bits per heavy atom. The summed E-state index contributed by atoms with van der Waals surface area (Å²) in [7, 11) is 1.72. The van der Waals surface area contributed by atoms with Gasteiger partial charge in [0.1, 0.15) is 5.75 Å². The third-order valence-electron chi connectivity index (χ3n) is 3.38. The van der Waals surface area contributed by atoms with Crippen LogP contribution in [0.4, 0.5) is 0 Å². The average molecular weight is 343 g/mol. The molecule has 0 spiro atoms. The highest BCUT2D eigenvalue weighted by molar-refractivity contribution is 9.10. The smallest absolute Gasteiger partial charge is 0.123 e. The second-order valence-corrected chi connectivity index (χ2v) is 6.95. The number of nitrogens with zero attached hydrogens (tertiary/aromatic N) is 1. The molecule has 1 rings (SSSR count). The highest BCUT2D eigenvalue weighted by atomic mass is 79.9. The molecule has 1 aromatic carbocycles. The minimum Gasteiger partial charge on any atom is -0.496 e. The van der Waals surface area contributed by atoms with Crippen molar-refractivity contribution < 1.29 is 4.74 Å². The van der Waals surface area contributed by atoms with Gasteiger partial charge < -0.3 is 10.5 Å². The van der Waals surface area contributed by atoms with Crippen molar-refractivity contribution in [2.45, 2.75) is 33.7 Å². The van der Waals surface area contributed by atoms with Gasteiger partial charge in [0.05, 0.1) is 7.11 Å². The molecule has 0 unspecified atom stereocenters. The van der Waals surface area contributed by atoms with E-state index < -0.39 is 0 Å². The Bertz CT molecular complexity index is 421. The van der Waals surface area contributed by atoms with Crippen LogP contribution in [0.3, 0.4) is 0 Å². The Kier molecular flexibility index (Phi) is 7.00. The molecule has 1 aromatic rings. The molecule has 0 fully saturated rings. The van der Waals surface area contributed by atoms with E-state index in [4.69, 9.17) is 10.5 Å². The van der Waals surface area contributed by atoms with Crippen molar-refractivity contribution in [3.8, 4) is 5.75 Å². The molecule has 20 heavy (non-hydrogen) atoms. The van der Waals surface area contributed by atoms with E-state index in [0.717, 1.165) is 36.3 Å². The third-order valence-corrected chi connectivity index (χ3v) is 3.87. The number of ether oxygens (including phenoxy) is 1. The Hall–Kier alpha value is -0.580. The SMILES string of the molecule is CCCN(Cc1cc(Br)ccc1OC)CC(C)(C)CN. The van der Waals surface area contributed by atoms with Gasteiger partial charge in [0.15, 0.2) is 0 Å². The minimum atomic E-state index is 0.133. The lowest BCUT2D eigenvalue weighted by Crippen LogP contribution is -2.38. The van der Waals surface area contributed by atoms with E-state index in [1.807, 2.05) is 12.1 Å². The molecule has 4 heteroatoms. The van der Waals surface area contributed by atoms with Crippen molar-refractivity contribution in [1.82, 2.24) is 4.90 Å². The predicted octanol–water partition coefficient (Wildman–Crippen LogP) is 3.65. The lowest BCUT2D eigenvalue weighted by atomic mass is 9.93. The molecule has 0 heterocycles. The van der Waals surface area contributed by atoms with Gasteiger partial charge in [-0.15, -0.1) is 0 Å². The van der Waals surface area contributed by atoms with Gasteiger partial charge in [-0.05, 0) is 43.1 Å². The average Bonchev–Trinajstić information content (AvgIpc) is 2.39. The number of rotatable bonds is 8. The quantitative estimate of drug-likeness (QED) is 0.783.